The molecule has 0 aliphatic carbocycles. The van der Waals surface area contributed by atoms with Gasteiger partial charge in [0.05, 0.1) is 21.7 Å². The molecule has 0 aromatic heterocycles. The second-order valence-electron chi connectivity index (χ2n) is 5.36. The number of nitrogens with zero attached hydrogens (tertiary/aromatic N) is 1. The smallest absolute Gasteiger partial charge is 0.337 e. The molecule has 0 aliphatic rings. The summed E-state index contributed by atoms with van der Waals surface area (Å²) in [5.41, 5.74) is -0.864. The number of anilines is 1. The highest BCUT2D eigenvalue weighted by molar-refractivity contribution is 7.89. The summed E-state index contributed by atoms with van der Waals surface area (Å²) in [4.78, 5) is 12.8. The van der Waals surface area contributed by atoms with Gasteiger partial charge in [-0.3, -0.25) is 0 Å². The van der Waals surface area contributed by atoms with E-state index in [0.29, 0.717) is 12.2 Å². The molecule has 8 heteroatoms. The van der Waals surface area contributed by atoms with Crippen molar-refractivity contribution in [2.45, 2.75) is 31.3 Å². The Bertz CT molecular complexity index is 634. The highest BCUT2D eigenvalue weighted by Crippen LogP contribution is 2.25. The number of aliphatic hydroxyl groups is 1. The monoisotopic (exact) mass is 316 g/mol. The predicted molar refractivity (Wildman–Crippen MR) is 79.0 cm³/mol. The van der Waals surface area contributed by atoms with E-state index in [1.54, 1.807) is 18.7 Å². The molecule has 0 saturated carbocycles. The second kappa shape index (κ2) is 6.00. The van der Waals surface area contributed by atoms with Crippen molar-refractivity contribution in [3.05, 3.63) is 23.8 Å². The zero-order valence-electron chi connectivity index (χ0n) is 12.2. The number of sulfonamides is 1. The van der Waals surface area contributed by atoms with Crippen LogP contribution in [0.25, 0.3) is 0 Å². The minimum atomic E-state index is -3.97. The van der Waals surface area contributed by atoms with E-state index in [4.69, 9.17) is 5.14 Å². The molecular formula is C13H20N2O5S. The van der Waals surface area contributed by atoms with Gasteiger partial charge < -0.3 is 15.1 Å². The first-order chi connectivity index (χ1) is 9.45. The number of likely N-dealkylation sites (N-methyl/N-ethyl adjacent to an activating group) is 1. The summed E-state index contributed by atoms with van der Waals surface area (Å²) < 4.78 is 22.6. The van der Waals surface area contributed by atoms with Gasteiger partial charge in [-0.2, -0.15) is 0 Å². The van der Waals surface area contributed by atoms with Crippen molar-refractivity contribution in [2.24, 2.45) is 5.14 Å². The van der Waals surface area contributed by atoms with E-state index in [-0.39, 0.29) is 17.0 Å². The zero-order chi connectivity index (χ0) is 16.4. The first kappa shape index (κ1) is 17.4. The van der Waals surface area contributed by atoms with Crippen molar-refractivity contribution < 1.29 is 23.4 Å². The molecule has 0 heterocycles. The van der Waals surface area contributed by atoms with Gasteiger partial charge in [-0.25, -0.2) is 18.4 Å². The number of benzene rings is 1. The summed E-state index contributed by atoms with van der Waals surface area (Å²) in [6.07, 6.45) is 0. The van der Waals surface area contributed by atoms with Gasteiger partial charge in [-0.05, 0) is 39.0 Å². The van der Waals surface area contributed by atoms with E-state index < -0.39 is 21.6 Å². The van der Waals surface area contributed by atoms with E-state index >= 15 is 0 Å². The SMILES string of the molecule is CCN(CC(C)(C)O)c1ccc(S(N)(=O)=O)cc1C(=O)O. The molecule has 1 aromatic rings. The predicted octanol–water partition coefficient (Wildman–Crippen LogP) is 0.629. The number of carboxylic acids is 1. The van der Waals surface area contributed by atoms with E-state index in [1.807, 2.05) is 6.92 Å². The van der Waals surface area contributed by atoms with Crippen LogP contribution in [0.4, 0.5) is 5.69 Å². The molecule has 7 nitrogen and oxygen atoms in total. The summed E-state index contributed by atoms with van der Waals surface area (Å²) in [5, 5.41) is 24.2. The summed E-state index contributed by atoms with van der Waals surface area (Å²) in [6.45, 7) is 5.69. The number of carboxylic acid groups (broad SMARTS) is 1. The molecule has 1 aromatic carbocycles. The fourth-order valence-corrected chi connectivity index (χ4v) is 2.51. The van der Waals surface area contributed by atoms with Crippen LogP contribution in [0.5, 0.6) is 0 Å². The van der Waals surface area contributed by atoms with Crippen molar-refractivity contribution in [1.82, 2.24) is 0 Å². The maximum atomic E-state index is 11.4. The van der Waals surface area contributed by atoms with Gasteiger partial charge in [0.2, 0.25) is 10.0 Å². The lowest BCUT2D eigenvalue weighted by atomic mass is 10.1. The lowest BCUT2D eigenvalue weighted by Crippen LogP contribution is -2.39. The van der Waals surface area contributed by atoms with Crippen molar-refractivity contribution in [3.8, 4) is 0 Å². The summed E-state index contributed by atoms with van der Waals surface area (Å²) in [5.74, 6) is -1.26. The van der Waals surface area contributed by atoms with Crippen LogP contribution in [0.2, 0.25) is 0 Å². The molecule has 0 amide bonds. The van der Waals surface area contributed by atoms with Crippen LogP contribution >= 0.6 is 0 Å². The van der Waals surface area contributed by atoms with Crippen LogP contribution in [0.15, 0.2) is 23.1 Å². The number of carbonyl (C=O) groups is 1. The van der Waals surface area contributed by atoms with E-state index in [0.717, 1.165) is 6.07 Å². The molecule has 118 valence electrons. The Morgan fingerprint density at radius 1 is 1.38 bits per heavy atom. The minimum absolute atomic E-state index is 0.173. The number of nitrogens with two attached hydrogens (primary N) is 1. The van der Waals surface area contributed by atoms with Gasteiger partial charge in [-0.1, -0.05) is 0 Å². The van der Waals surface area contributed by atoms with Crippen LogP contribution in [-0.2, 0) is 10.0 Å². The van der Waals surface area contributed by atoms with Crippen LogP contribution in [0, 0.1) is 0 Å². The Morgan fingerprint density at radius 2 is 1.95 bits per heavy atom. The first-order valence-electron chi connectivity index (χ1n) is 6.33. The summed E-state index contributed by atoms with van der Waals surface area (Å²) in [6, 6.07) is 3.67. The van der Waals surface area contributed by atoms with Crippen LogP contribution in [0.3, 0.4) is 0 Å². The molecule has 1 rings (SSSR count). The third-order valence-corrected chi connectivity index (χ3v) is 3.74. The third-order valence-electron chi connectivity index (χ3n) is 2.83. The van der Waals surface area contributed by atoms with E-state index in [1.165, 1.54) is 12.1 Å². The number of hydrogen-bond acceptors (Lipinski definition) is 5. The lowest BCUT2D eigenvalue weighted by molar-refractivity contribution is 0.0693. The van der Waals surface area contributed by atoms with Crippen LogP contribution < -0.4 is 10.0 Å². The Morgan fingerprint density at radius 3 is 2.33 bits per heavy atom. The quantitative estimate of drug-likeness (QED) is 0.708. The Balaban J connectivity index is 3.38. The molecule has 21 heavy (non-hydrogen) atoms. The topological polar surface area (TPSA) is 121 Å². The Labute approximate surface area is 124 Å². The molecule has 0 spiro atoms. The van der Waals surface area contributed by atoms with Crippen molar-refractivity contribution in [3.63, 3.8) is 0 Å². The molecule has 0 aliphatic heterocycles. The normalized spacial score (nSPS) is 12.2. The van der Waals surface area contributed by atoms with Gasteiger partial charge in [0.15, 0.2) is 0 Å². The number of rotatable bonds is 6. The van der Waals surface area contributed by atoms with Gasteiger partial charge in [0, 0.05) is 13.1 Å². The molecule has 0 bridgehead atoms. The maximum Gasteiger partial charge on any atom is 0.337 e. The van der Waals surface area contributed by atoms with E-state index in [2.05, 4.69) is 0 Å². The Hall–Kier alpha value is -1.64. The average molecular weight is 316 g/mol. The van der Waals surface area contributed by atoms with Crippen LogP contribution in [-0.4, -0.2) is 43.3 Å². The number of hydrogen-bond donors (Lipinski definition) is 3. The van der Waals surface area contributed by atoms with Gasteiger partial charge >= 0.3 is 5.97 Å². The Kier molecular flexibility index (Phi) is 4.98. The molecule has 0 saturated heterocycles. The third kappa shape index (κ3) is 4.69. The molecule has 0 atom stereocenters. The average Bonchev–Trinajstić information content (AvgIpc) is 2.33. The second-order valence-corrected chi connectivity index (χ2v) is 6.92. The summed E-state index contributed by atoms with van der Waals surface area (Å²) in [7, 11) is -3.97. The minimum Gasteiger partial charge on any atom is -0.478 e. The fourth-order valence-electron chi connectivity index (χ4n) is 1.97. The number of aromatic carboxylic acids is 1. The largest absolute Gasteiger partial charge is 0.478 e. The standard InChI is InChI=1S/C13H20N2O5S/c1-4-15(8-13(2,3)18)11-6-5-9(21(14,19)20)7-10(11)12(16)17/h5-7,18H,4,8H2,1-3H3,(H,16,17)(H2,14,19,20). The first-order valence-corrected chi connectivity index (χ1v) is 7.88. The van der Waals surface area contributed by atoms with Gasteiger partial charge in [0.1, 0.15) is 0 Å². The van der Waals surface area contributed by atoms with Crippen molar-refractivity contribution in [2.75, 3.05) is 18.0 Å². The highest BCUT2D eigenvalue weighted by Gasteiger charge is 2.23. The highest BCUT2D eigenvalue weighted by atomic mass is 32.2. The van der Waals surface area contributed by atoms with Crippen LogP contribution in [0.1, 0.15) is 31.1 Å². The van der Waals surface area contributed by atoms with E-state index in [9.17, 15) is 23.4 Å². The number of primary sulfonamides is 1. The van der Waals surface area contributed by atoms with Crippen molar-refractivity contribution >= 4 is 21.7 Å². The molecule has 0 fully saturated rings. The zero-order valence-corrected chi connectivity index (χ0v) is 13.0. The molecule has 4 N–H and O–H groups in total. The lowest BCUT2D eigenvalue weighted by Gasteiger charge is -2.31. The molecule has 0 unspecified atom stereocenters. The van der Waals surface area contributed by atoms with Crippen molar-refractivity contribution in [1.29, 1.82) is 0 Å². The van der Waals surface area contributed by atoms with Gasteiger partial charge in [-0.15, -0.1) is 0 Å². The fraction of sp³-hybridized carbons (Fsp3) is 0.462. The molecule has 0 radical (unpaired) electrons. The molecular weight excluding hydrogens is 296 g/mol. The maximum absolute atomic E-state index is 11.4. The van der Waals surface area contributed by atoms with Gasteiger partial charge in [0.25, 0.3) is 0 Å². The summed E-state index contributed by atoms with van der Waals surface area (Å²) >= 11 is 0.